The molecule has 1 aromatic carbocycles. The van der Waals surface area contributed by atoms with Crippen molar-refractivity contribution in [1.82, 2.24) is 0 Å². The van der Waals surface area contributed by atoms with Crippen LogP contribution in [0.1, 0.15) is 24.3 Å². The number of hydrogen-bond acceptors (Lipinski definition) is 0. The summed E-state index contributed by atoms with van der Waals surface area (Å²) >= 11 is 0. The molecule has 0 N–H and O–H groups in total. The van der Waals surface area contributed by atoms with Gasteiger partial charge < -0.3 is 0 Å². The zero-order chi connectivity index (χ0) is 9.52. The van der Waals surface area contributed by atoms with Crippen LogP contribution in [0.25, 0.3) is 0 Å². The Morgan fingerprint density at radius 3 is 2.38 bits per heavy atom. The highest BCUT2D eigenvalue weighted by Gasteiger charge is 2.05. The Balaban J connectivity index is 2.70. The Morgan fingerprint density at radius 2 is 1.85 bits per heavy atom. The maximum atomic E-state index is 5.43. The maximum absolute atomic E-state index is 5.43. The lowest BCUT2D eigenvalue weighted by molar-refractivity contribution is 0.782. The Bertz CT molecular complexity index is 321. The number of benzene rings is 1. The van der Waals surface area contributed by atoms with Gasteiger partial charge in [-0.05, 0) is 12.0 Å². The molecule has 0 aliphatic rings. The van der Waals surface area contributed by atoms with E-state index in [9.17, 15) is 0 Å². The molecule has 0 amide bonds. The van der Waals surface area contributed by atoms with Gasteiger partial charge in [-0.1, -0.05) is 36.3 Å². The second-order valence-corrected chi connectivity index (χ2v) is 2.87. The molecule has 0 fully saturated rings. The third kappa shape index (κ3) is 2.69. The van der Waals surface area contributed by atoms with Crippen LogP contribution >= 0.6 is 0 Å². The summed E-state index contributed by atoms with van der Waals surface area (Å²) in [7, 11) is 0. The second kappa shape index (κ2) is 5.07. The smallest absolute Gasteiger partial charge is 0.0458 e. The first kappa shape index (κ1) is 9.43. The summed E-state index contributed by atoms with van der Waals surface area (Å²) in [6, 6.07) is 10.1. The zero-order valence-corrected chi connectivity index (χ0v) is 7.53. The van der Waals surface area contributed by atoms with E-state index in [1.54, 1.807) is 0 Å². The van der Waals surface area contributed by atoms with E-state index in [1.807, 2.05) is 30.3 Å². The molecule has 0 radical (unpaired) electrons. The van der Waals surface area contributed by atoms with Crippen molar-refractivity contribution in [3.8, 4) is 24.7 Å². The predicted octanol–water partition coefficient (Wildman–Crippen LogP) is 2.82. The first-order valence-corrected chi connectivity index (χ1v) is 4.33. The molecule has 1 atom stereocenters. The molecule has 0 saturated carbocycles. The molecule has 0 aliphatic carbocycles. The van der Waals surface area contributed by atoms with E-state index in [0.29, 0.717) is 0 Å². The van der Waals surface area contributed by atoms with Gasteiger partial charge in [-0.2, -0.15) is 0 Å². The molecule has 0 bridgehead atoms. The standard InChI is InChI=1S/C13H12/c1-3-5-9-12(4-2)13-10-7-6-8-11-13/h1-2,6-8,10-12H,5,9H2. The molecule has 0 nitrogen and oxygen atoms in total. The second-order valence-electron chi connectivity index (χ2n) is 2.87. The first-order chi connectivity index (χ1) is 6.38. The molecule has 64 valence electrons. The van der Waals surface area contributed by atoms with E-state index in [1.165, 1.54) is 5.56 Å². The highest BCUT2D eigenvalue weighted by atomic mass is 14.1. The molecule has 0 saturated heterocycles. The maximum Gasteiger partial charge on any atom is 0.0458 e. The fourth-order valence-corrected chi connectivity index (χ4v) is 1.26. The van der Waals surface area contributed by atoms with Crippen molar-refractivity contribution < 1.29 is 0 Å². The van der Waals surface area contributed by atoms with Crippen LogP contribution in [-0.4, -0.2) is 0 Å². The molecular formula is C13H12. The molecule has 1 unspecified atom stereocenters. The molecule has 1 aromatic rings. The van der Waals surface area contributed by atoms with Crippen molar-refractivity contribution in [1.29, 1.82) is 0 Å². The van der Waals surface area contributed by atoms with Gasteiger partial charge >= 0.3 is 0 Å². The third-order valence-corrected chi connectivity index (χ3v) is 1.98. The minimum Gasteiger partial charge on any atom is -0.120 e. The van der Waals surface area contributed by atoms with Crippen LogP contribution < -0.4 is 0 Å². The Hall–Kier alpha value is -1.66. The minimum absolute atomic E-state index is 0.164. The molecule has 0 spiro atoms. The lowest BCUT2D eigenvalue weighted by Gasteiger charge is -2.08. The fraction of sp³-hybridized carbons (Fsp3) is 0.231. The van der Waals surface area contributed by atoms with Crippen LogP contribution in [0.5, 0.6) is 0 Å². The molecule has 0 heteroatoms. The fourth-order valence-electron chi connectivity index (χ4n) is 1.26. The largest absolute Gasteiger partial charge is 0.120 e. The SMILES string of the molecule is C#CCCC(C#C)c1ccccc1. The third-order valence-electron chi connectivity index (χ3n) is 1.98. The summed E-state index contributed by atoms with van der Waals surface area (Å²) < 4.78 is 0. The van der Waals surface area contributed by atoms with Crippen molar-refractivity contribution in [2.24, 2.45) is 0 Å². The normalized spacial score (nSPS) is 11.2. The van der Waals surface area contributed by atoms with Crippen LogP contribution in [0.15, 0.2) is 30.3 Å². The Kier molecular flexibility index (Phi) is 3.68. The van der Waals surface area contributed by atoms with Gasteiger partial charge in [-0.25, -0.2) is 0 Å². The van der Waals surface area contributed by atoms with Crippen LogP contribution in [0.4, 0.5) is 0 Å². The first-order valence-electron chi connectivity index (χ1n) is 4.33. The van der Waals surface area contributed by atoms with Crippen molar-refractivity contribution in [3.05, 3.63) is 35.9 Å². The van der Waals surface area contributed by atoms with Gasteiger partial charge in [0, 0.05) is 12.3 Å². The summed E-state index contributed by atoms with van der Waals surface area (Å²) in [6.45, 7) is 0. The molecule has 0 heterocycles. The van der Waals surface area contributed by atoms with Gasteiger partial charge in [-0.3, -0.25) is 0 Å². The van der Waals surface area contributed by atoms with Crippen molar-refractivity contribution in [2.75, 3.05) is 0 Å². The summed E-state index contributed by atoms with van der Waals surface area (Å²) in [4.78, 5) is 0. The summed E-state index contributed by atoms with van der Waals surface area (Å²) in [6.07, 6.45) is 12.2. The number of hydrogen-bond donors (Lipinski definition) is 0. The van der Waals surface area contributed by atoms with Gasteiger partial charge in [0.1, 0.15) is 0 Å². The zero-order valence-electron chi connectivity index (χ0n) is 7.53. The van der Waals surface area contributed by atoms with Crippen LogP contribution in [-0.2, 0) is 0 Å². The number of terminal acetylenes is 2. The summed E-state index contributed by atoms with van der Waals surface area (Å²) in [5, 5.41) is 0. The van der Waals surface area contributed by atoms with E-state index < -0.39 is 0 Å². The lowest BCUT2D eigenvalue weighted by Crippen LogP contribution is -1.94. The quantitative estimate of drug-likeness (QED) is 0.609. The lowest BCUT2D eigenvalue weighted by atomic mass is 9.95. The van der Waals surface area contributed by atoms with E-state index in [4.69, 9.17) is 12.8 Å². The van der Waals surface area contributed by atoms with Crippen molar-refractivity contribution in [2.45, 2.75) is 18.8 Å². The topological polar surface area (TPSA) is 0 Å². The molecule has 0 aromatic heterocycles. The molecule has 13 heavy (non-hydrogen) atoms. The van der Waals surface area contributed by atoms with Crippen molar-refractivity contribution in [3.63, 3.8) is 0 Å². The number of rotatable bonds is 3. The van der Waals surface area contributed by atoms with Crippen LogP contribution in [0.2, 0.25) is 0 Å². The predicted molar refractivity (Wildman–Crippen MR) is 56.1 cm³/mol. The average molecular weight is 168 g/mol. The molecule has 0 aliphatic heterocycles. The van der Waals surface area contributed by atoms with Gasteiger partial charge in [0.05, 0.1) is 0 Å². The summed E-state index contributed by atoms with van der Waals surface area (Å²) in [5.74, 6) is 5.53. The monoisotopic (exact) mass is 168 g/mol. The van der Waals surface area contributed by atoms with Gasteiger partial charge in [0.15, 0.2) is 0 Å². The van der Waals surface area contributed by atoms with Gasteiger partial charge in [-0.15, -0.1) is 18.8 Å². The van der Waals surface area contributed by atoms with Gasteiger partial charge in [0.2, 0.25) is 0 Å². The molecule has 1 rings (SSSR count). The minimum atomic E-state index is 0.164. The van der Waals surface area contributed by atoms with Crippen LogP contribution in [0, 0.1) is 24.7 Å². The van der Waals surface area contributed by atoms with E-state index >= 15 is 0 Å². The Labute approximate surface area is 80.0 Å². The average Bonchev–Trinajstić information content (AvgIpc) is 2.21. The van der Waals surface area contributed by atoms with E-state index in [0.717, 1.165) is 12.8 Å². The highest BCUT2D eigenvalue weighted by Crippen LogP contribution is 2.19. The van der Waals surface area contributed by atoms with Gasteiger partial charge in [0.25, 0.3) is 0 Å². The molecular weight excluding hydrogens is 156 g/mol. The van der Waals surface area contributed by atoms with Crippen molar-refractivity contribution >= 4 is 0 Å². The Morgan fingerprint density at radius 1 is 1.15 bits per heavy atom. The summed E-state index contributed by atoms with van der Waals surface area (Å²) in [5.41, 5.74) is 1.18. The van der Waals surface area contributed by atoms with E-state index in [-0.39, 0.29) is 5.92 Å². The van der Waals surface area contributed by atoms with Crippen LogP contribution in [0.3, 0.4) is 0 Å². The highest BCUT2D eigenvalue weighted by molar-refractivity contribution is 5.26. The van der Waals surface area contributed by atoms with E-state index in [2.05, 4.69) is 11.8 Å².